The van der Waals surface area contributed by atoms with Gasteiger partial charge in [0, 0.05) is 25.6 Å². The van der Waals surface area contributed by atoms with Gasteiger partial charge in [0.2, 0.25) is 0 Å². The van der Waals surface area contributed by atoms with Crippen LogP contribution in [0.1, 0.15) is 47.0 Å². The van der Waals surface area contributed by atoms with Crippen molar-refractivity contribution in [2.75, 3.05) is 26.2 Å². The van der Waals surface area contributed by atoms with Gasteiger partial charge in [0.05, 0.1) is 12.2 Å². The number of carbonyl (C=O) groups is 1. The molecule has 0 aromatic rings. The first-order valence-electron chi connectivity index (χ1n) is 8.19. The van der Waals surface area contributed by atoms with Crippen molar-refractivity contribution in [3.05, 3.63) is 0 Å². The highest BCUT2D eigenvalue weighted by atomic mass is 16.6. The molecule has 0 aliphatic carbocycles. The molecule has 1 amide bonds. The lowest BCUT2D eigenvalue weighted by Gasteiger charge is -2.39. The van der Waals surface area contributed by atoms with Crippen LogP contribution in [0.3, 0.4) is 0 Å². The molecule has 5 heteroatoms. The minimum atomic E-state index is -0.429. The summed E-state index contributed by atoms with van der Waals surface area (Å²) in [5.41, 5.74) is -0.429. The van der Waals surface area contributed by atoms with E-state index in [1.807, 2.05) is 25.7 Å². The highest BCUT2D eigenvalue weighted by Gasteiger charge is 2.33. The SMILES string of the molecule is CC1CN(C(=O)OC(C)(C)C)CCC1OC1CCCNC1. The van der Waals surface area contributed by atoms with Crippen molar-refractivity contribution < 1.29 is 14.3 Å². The molecule has 3 unspecified atom stereocenters. The van der Waals surface area contributed by atoms with Crippen molar-refractivity contribution in [1.82, 2.24) is 10.2 Å². The number of carbonyl (C=O) groups excluding carboxylic acids is 1. The molecule has 2 rings (SSSR count). The molecule has 2 aliphatic heterocycles. The van der Waals surface area contributed by atoms with Gasteiger partial charge in [0.1, 0.15) is 5.60 Å². The van der Waals surface area contributed by atoms with E-state index in [4.69, 9.17) is 9.47 Å². The summed E-state index contributed by atoms with van der Waals surface area (Å²) in [6.07, 6.45) is 3.62. The Kier molecular flexibility index (Phi) is 5.49. The number of hydrogen-bond acceptors (Lipinski definition) is 4. The van der Waals surface area contributed by atoms with Crippen LogP contribution in [0, 0.1) is 5.92 Å². The number of rotatable bonds is 2. The largest absolute Gasteiger partial charge is 0.444 e. The monoisotopic (exact) mass is 298 g/mol. The van der Waals surface area contributed by atoms with E-state index in [0.717, 1.165) is 39.0 Å². The third-order valence-electron chi connectivity index (χ3n) is 4.10. The van der Waals surface area contributed by atoms with Crippen LogP contribution in [0.25, 0.3) is 0 Å². The lowest BCUT2D eigenvalue weighted by molar-refractivity contribution is -0.0773. The third kappa shape index (κ3) is 5.15. The fourth-order valence-electron chi connectivity index (χ4n) is 3.00. The molecule has 2 heterocycles. The number of ether oxygens (including phenoxy) is 2. The molecule has 0 aromatic carbocycles. The molecule has 0 bridgehead atoms. The van der Waals surface area contributed by atoms with Crippen molar-refractivity contribution in [2.24, 2.45) is 5.92 Å². The van der Waals surface area contributed by atoms with Gasteiger partial charge in [-0.15, -0.1) is 0 Å². The van der Waals surface area contributed by atoms with E-state index in [1.54, 1.807) is 0 Å². The van der Waals surface area contributed by atoms with Gasteiger partial charge in [0.25, 0.3) is 0 Å². The van der Waals surface area contributed by atoms with Gasteiger partial charge in [-0.25, -0.2) is 4.79 Å². The molecule has 2 fully saturated rings. The van der Waals surface area contributed by atoms with Gasteiger partial charge < -0.3 is 19.7 Å². The summed E-state index contributed by atoms with van der Waals surface area (Å²) in [5, 5.41) is 3.38. The Morgan fingerprint density at radius 1 is 1.29 bits per heavy atom. The summed E-state index contributed by atoms with van der Waals surface area (Å²) in [4.78, 5) is 13.9. The average molecular weight is 298 g/mol. The fourth-order valence-corrected chi connectivity index (χ4v) is 3.00. The first-order chi connectivity index (χ1) is 9.85. The quantitative estimate of drug-likeness (QED) is 0.850. The van der Waals surface area contributed by atoms with E-state index in [2.05, 4.69) is 12.2 Å². The summed E-state index contributed by atoms with van der Waals surface area (Å²) in [7, 11) is 0. The molecule has 122 valence electrons. The van der Waals surface area contributed by atoms with Crippen LogP contribution in [0.5, 0.6) is 0 Å². The molecular formula is C16H30N2O3. The molecule has 2 aliphatic rings. The average Bonchev–Trinajstić information content (AvgIpc) is 2.40. The molecule has 21 heavy (non-hydrogen) atoms. The lowest BCUT2D eigenvalue weighted by Crippen LogP contribution is -2.49. The second kappa shape index (κ2) is 6.97. The number of nitrogens with one attached hydrogen (secondary N) is 1. The Hall–Kier alpha value is -0.810. The summed E-state index contributed by atoms with van der Waals surface area (Å²) in [6, 6.07) is 0. The second-order valence-electron chi connectivity index (χ2n) is 7.34. The Morgan fingerprint density at radius 3 is 2.62 bits per heavy atom. The third-order valence-corrected chi connectivity index (χ3v) is 4.10. The Labute approximate surface area is 128 Å². The van der Waals surface area contributed by atoms with Gasteiger partial charge in [-0.1, -0.05) is 6.92 Å². The topological polar surface area (TPSA) is 50.8 Å². The van der Waals surface area contributed by atoms with Crippen molar-refractivity contribution >= 4 is 6.09 Å². The van der Waals surface area contributed by atoms with Gasteiger partial charge >= 0.3 is 6.09 Å². The maximum atomic E-state index is 12.1. The van der Waals surface area contributed by atoms with Crippen LogP contribution in [0.4, 0.5) is 4.79 Å². The van der Waals surface area contributed by atoms with Crippen LogP contribution in [-0.4, -0.2) is 55.0 Å². The minimum Gasteiger partial charge on any atom is -0.444 e. The van der Waals surface area contributed by atoms with E-state index in [9.17, 15) is 4.79 Å². The molecule has 0 radical (unpaired) electrons. The van der Waals surface area contributed by atoms with E-state index in [0.29, 0.717) is 12.0 Å². The van der Waals surface area contributed by atoms with Gasteiger partial charge in [-0.3, -0.25) is 0 Å². The maximum absolute atomic E-state index is 12.1. The van der Waals surface area contributed by atoms with E-state index in [1.165, 1.54) is 6.42 Å². The summed E-state index contributed by atoms with van der Waals surface area (Å²) < 4.78 is 11.7. The van der Waals surface area contributed by atoms with Crippen LogP contribution >= 0.6 is 0 Å². The van der Waals surface area contributed by atoms with Crippen molar-refractivity contribution in [2.45, 2.75) is 64.8 Å². The van der Waals surface area contributed by atoms with Crippen molar-refractivity contribution in [3.8, 4) is 0 Å². The first-order valence-corrected chi connectivity index (χ1v) is 8.19. The van der Waals surface area contributed by atoms with E-state index < -0.39 is 5.60 Å². The molecule has 0 aromatic heterocycles. The number of amides is 1. The normalized spacial score (nSPS) is 31.0. The van der Waals surface area contributed by atoms with Crippen molar-refractivity contribution in [1.29, 1.82) is 0 Å². The Balaban J connectivity index is 1.79. The lowest BCUT2D eigenvalue weighted by atomic mass is 9.96. The molecule has 2 saturated heterocycles. The standard InChI is InChI=1S/C16H30N2O3/c1-12-11-18(15(19)21-16(2,3)4)9-7-14(12)20-13-6-5-8-17-10-13/h12-14,17H,5-11H2,1-4H3. The predicted molar refractivity (Wildman–Crippen MR) is 82.4 cm³/mol. The molecule has 3 atom stereocenters. The van der Waals surface area contributed by atoms with Crippen LogP contribution < -0.4 is 5.32 Å². The van der Waals surface area contributed by atoms with E-state index >= 15 is 0 Å². The van der Waals surface area contributed by atoms with Gasteiger partial charge in [-0.05, 0) is 46.6 Å². The number of piperidine rings is 2. The van der Waals surface area contributed by atoms with Crippen LogP contribution in [-0.2, 0) is 9.47 Å². The molecule has 1 N–H and O–H groups in total. The fraction of sp³-hybridized carbons (Fsp3) is 0.938. The zero-order valence-corrected chi connectivity index (χ0v) is 13.9. The summed E-state index contributed by atoms with van der Waals surface area (Å²) in [5.74, 6) is 0.355. The maximum Gasteiger partial charge on any atom is 0.410 e. The number of likely N-dealkylation sites (tertiary alicyclic amines) is 1. The van der Waals surface area contributed by atoms with Gasteiger partial charge in [0.15, 0.2) is 0 Å². The number of hydrogen-bond donors (Lipinski definition) is 1. The second-order valence-corrected chi connectivity index (χ2v) is 7.34. The zero-order chi connectivity index (χ0) is 15.5. The zero-order valence-electron chi connectivity index (χ0n) is 13.9. The van der Waals surface area contributed by atoms with Crippen molar-refractivity contribution in [3.63, 3.8) is 0 Å². The smallest absolute Gasteiger partial charge is 0.410 e. The van der Waals surface area contributed by atoms with Crippen LogP contribution in [0.15, 0.2) is 0 Å². The summed E-state index contributed by atoms with van der Waals surface area (Å²) >= 11 is 0. The van der Waals surface area contributed by atoms with E-state index in [-0.39, 0.29) is 12.2 Å². The number of nitrogens with zero attached hydrogens (tertiary/aromatic N) is 1. The highest BCUT2D eigenvalue weighted by Crippen LogP contribution is 2.24. The minimum absolute atomic E-state index is 0.202. The van der Waals surface area contributed by atoms with Crippen LogP contribution in [0.2, 0.25) is 0 Å². The predicted octanol–water partition coefficient (Wildman–Crippen LogP) is 2.40. The first kappa shape index (κ1) is 16.6. The Morgan fingerprint density at radius 2 is 2.05 bits per heavy atom. The Bertz CT molecular complexity index is 348. The molecule has 5 nitrogen and oxygen atoms in total. The molecular weight excluding hydrogens is 268 g/mol. The highest BCUT2D eigenvalue weighted by molar-refractivity contribution is 5.68. The molecule has 0 spiro atoms. The molecule has 0 saturated carbocycles. The summed E-state index contributed by atoms with van der Waals surface area (Å²) in [6.45, 7) is 11.4. The van der Waals surface area contributed by atoms with Gasteiger partial charge in [-0.2, -0.15) is 0 Å².